The predicted octanol–water partition coefficient (Wildman–Crippen LogP) is 4.27. The summed E-state index contributed by atoms with van der Waals surface area (Å²) in [5.74, 6) is -2.87. The summed E-state index contributed by atoms with van der Waals surface area (Å²) in [7, 11) is 0. The van der Waals surface area contributed by atoms with E-state index >= 15 is 0 Å². The topological polar surface area (TPSA) is 29.1 Å². The third-order valence-electron chi connectivity index (χ3n) is 2.70. The van der Waals surface area contributed by atoms with Crippen molar-refractivity contribution in [3.8, 4) is 0 Å². The zero-order valence-electron chi connectivity index (χ0n) is 10.3. The van der Waals surface area contributed by atoms with Crippen molar-refractivity contribution in [3.63, 3.8) is 0 Å². The van der Waals surface area contributed by atoms with Gasteiger partial charge in [0.1, 0.15) is 17.3 Å². The summed E-state index contributed by atoms with van der Waals surface area (Å²) in [5, 5.41) is 2.18. The van der Waals surface area contributed by atoms with E-state index in [1.165, 1.54) is 25.1 Å². The molecule has 2 rings (SSSR count). The van der Waals surface area contributed by atoms with E-state index in [4.69, 9.17) is 0 Å². The smallest absolute Gasteiger partial charge is 0.256 e. The van der Waals surface area contributed by atoms with E-state index in [0.717, 1.165) is 12.1 Å². The summed E-state index contributed by atoms with van der Waals surface area (Å²) in [4.78, 5) is 12.0. The van der Waals surface area contributed by atoms with Gasteiger partial charge < -0.3 is 5.32 Å². The summed E-state index contributed by atoms with van der Waals surface area (Å²) >= 11 is 1.78. The van der Waals surface area contributed by atoms with Gasteiger partial charge in [-0.3, -0.25) is 4.79 Å². The molecule has 2 aromatic rings. The minimum absolute atomic E-state index is 0.146. The zero-order valence-corrected chi connectivity index (χ0v) is 12.5. The van der Waals surface area contributed by atoms with Gasteiger partial charge in [-0.1, -0.05) is 6.07 Å². The Balaban J connectivity index is 2.35. The van der Waals surface area contributed by atoms with Gasteiger partial charge in [-0.15, -0.1) is 0 Å². The number of amides is 1. The Hall–Kier alpha value is -1.57. The highest BCUT2D eigenvalue weighted by atomic mass is 127. The number of hydrogen-bond donors (Lipinski definition) is 1. The van der Waals surface area contributed by atoms with Gasteiger partial charge in [-0.05, 0) is 59.3 Å². The van der Waals surface area contributed by atoms with Gasteiger partial charge in [0, 0.05) is 3.57 Å². The van der Waals surface area contributed by atoms with Crippen LogP contribution in [0.4, 0.5) is 18.9 Å². The lowest BCUT2D eigenvalue weighted by Gasteiger charge is -2.10. The largest absolute Gasteiger partial charge is 0.317 e. The van der Waals surface area contributed by atoms with Crippen molar-refractivity contribution in [1.29, 1.82) is 0 Å². The fourth-order valence-electron chi connectivity index (χ4n) is 1.63. The number of rotatable bonds is 2. The van der Waals surface area contributed by atoms with E-state index in [9.17, 15) is 18.0 Å². The second-order valence-corrected chi connectivity index (χ2v) is 5.29. The highest BCUT2D eigenvalue weighted by Crippen LogP contribution is 2.23. The second-order valence-electron chi connectivity index (χ2n) is 4.13. The minimum Gasteiger partial charge on any atom is -0.317 e. The Morgan fingerprint density at radius 2 is 1.85 bits per heavy atom. The first-order valence-corrected chi connectivity index (χ1v) is 6.69. The molecular formula is C14H9F3INO. The maximum atomic E-state index is 13.8. The molecule has 0 atom stereocenters. The van der Waals surface area contributed by atoms with E-state index < -0.39 is 29.0 Å². The quantitative estimate of drug-likeness (QED) is 0.762. The molecule has 0 aliphatic carbocycles. The molecule has 0 unspecified atom stereocenters. The number of benzene rings is 2. The van der Waals surface area contributed by atoms with Gasteiger partial charge >= 0.3 is 0 Å². The van der Waals surface area contributed by atoms with Crippen LogP contribution in [0.15, 0.2) is 30.3 Å². The molecule has 0 saturated heterocycles. The summed E-state index contributed by atoms with van der Waals surface area (Å²) in [6.07, 6.45) is 0. The third kappa shape index (κ3) is 2.95. The van der Waals surface area contributed by atoms with Crippen LogP contribution >= 0.6 is 22.6 Å². The molecule has 0 fully saturated rings. The van der Waals surface area contributed by atoms with E-state index in [1.54, 1.807) is 22.6 Å². The van der Waals surface area contributed by atoms with Crippen molar-refractivity contribution in [2.24, 2.45) is 0 Å². The highest BCUT2D eigenvalue weighted by Gasteiger charge is 2.17. The molecule has 6 heteroatoms. The van der Waals surface area contributed by atoms with Gasteiger partial charge in [0.15, 0.2) is 5.82 Å². The lowest BCUT2D eigenvalue weighted by atomic mass is 10.1. The third-order valence-corrected chi connectivity index (χ3v) is 3.59. The Bertz CT molecular complexity index is 688. The second kappa shape index (κ2) is 5.82. The van der Waals surface area contributed by atoms with Gasteiger partial charge in [-0.25, -0.2) is 13.2 Å². The number of carbonyl (C=O) groups is 1. The molecule has 2 aromatic carbocycles. The maximum absolute atomic E-state index is 13.8. The van der Waals surface area contributed by atoms with Crippen molar-refractivity contribution in [2.45, 2.75) is 6.92 Å². The molecule has 0 radical (unpaired) electrons. The first kappa shape index (κ1) is 14.8. The van der Waals surface area contributed by atoms with E-state index in [1.807, 2.05) is 0 Å². The summed E-state index contributed by atoms with van der Waals surface area (Å²) in [6, 6.07) is 5.89. The molecule has 0 heterocycles. The Morgan fingerprint density at radius 1 is 1.15 bits per heavy atom. The van der Waals surface area contributed by atoms with Crippen LogP contribution in [0.3, 0.4) is 0 Å². The number of hydrogen-bond acceptors (Lipinski definition) is 1. The van der Waals surface area contributed by atoms with Crippen LogP contribution in [-0.2, 0) is 0 Å². The maximum Gasteiger partial charge on any atom is 0.256 e. The molecule has 0 bridgehead atoms. The van der Waals surface area contributed by atoms with Crippen LogP contribution in [0, 0.1) is 27.9 Å². The summed E-state index contributed by atoms with van der Waals surface area (Å²) in [6.45, 7) is 1.46. The summed E-state index contributed by atoms with van der Waals surface area (Å²) in [5.41, 5.74) is -0.141. The first-order valence-electron chi connectivity index (χ1n) is 5.61. The van der Waals surface area contributed by atoms with Crippen molar-refractivity contribution < 1.29 is 18.0 Å². The summed E-state index contributed by atoms with van der Waals surface area (Å²) < 4.78 is 40.7. The number of carbonyl (C=O) groups excluding carboxylic acids is 1. The lowest BCUT2D eigenvalue weighted by Crippen LogP contribution is -2.16. The molecule has 0 aliphatic heterocycles. The van der Waals surface area contributed by atoms with Crippen LogP contribution < -0.4 is 5.32 Å². The molecule has 0 spiro atoms. The first-order chi connectivity index (χ1) is 9.40. The molecule has 104 valence electrons. The monoisotopic (exact) mass is 391 g/mol. The van der Waals surface area contributed by atoms with Crippen molar-refractivity contribution in [2.75, 3.05) is 5.32 Å². The number of anilines is 1. The van der Waals surface area contributed by atoms with Gasteiger partial charge in [0.05, 0.1) is 5.56 Å². The standard InChI is InChI=1S/C14H9F3INO/c1-7-2-5-10(16)13(12(7)17)19-14(20)9-4-3-8(15)6-11(9)18/h2-6H,1H3,(H,19,20). The molecule has 0 aromatic heterocycles. The Kier molecular flexibility index (Phi) is 4.32. The number of nitrogens with one attached hydrogen (secondary N) is 1. The number of aryl methyl sites for hydroxylation is 1. The molecular weight excluding hydrogens is 382 g/mol. The Labute approximate surface area is 127 Å². The molecule has 1 N–H and O–H groups in total. The van der Waals surface area contributed by atoms with Crippen LogP contribution in [0.25, 0.3) is 0 Å². The van der Waals surface area contributed by atoms with Crippen LogP contribution in [0.2, 0.25) is 0 Å². The van der Waals surface area contributed by atoms with Crippen molar-refractivity contribution in [3.05, 3.63) is 62.5 Å². The van der Waals surface area contributed by atoms with Crippen LogP contribution in [0.1, 0.15) is 15.9 Å². The average molecular weight is 391 g/mol. The molecule has 20 heavy (non-hydrogen) atoms. The average Bonchev–Trinajstić information content (AvgIpc) is 2.39. The van der Waals surface area contributed by atoms with Crippen molar-refractivity contribution in [1.82, 2.24) is 0 Å². The molecule has 2 nitrogen and oxygen atoms in total. The van der Waals surface area contributed by atoms with E-state index in [0.29, 0.717) is 3.57 Å². The van der Waals surface area contributed by atoms with Crippen LogP contribution in [-0.4, -0.2) is 5.91 Å². The zero-order chi connectivity index (χ0) is 14.9. The fourth-order valence-corrected chi connectivity index (χ4v) is 2.35. The number of halogens is 4. The Morgan fingerprint density at radius 3 is 2.50 bits per heavy atom. The SMILES string of the molecule is Cc1ccc(F)c(NC(=O)c2ccc(F)cc2I)c1F. The molecule has 1 amide bonds. The molecule has 0 saturated carbocycles. The fraction of sp³-hybridized carbons (Fsp3) is 0.0714. The highest BCUT2D eigenvalue weighted by molar-refractivity contribution is 14.1. The van der Waals surface area contributed by atoms with E-state index in [-0.39, 0.29) is 11.1 Å². The van der Waals surface area contributed by atoms with Gasteiger partial charge in [0.2, 0.25) is 0 Å². The predicted molar refractivity (Wildman–Crippen MR) is 78.2 cm³/mol. The normalized spacial score (nSPS) is 10.4. The van der Waals surface area contributed by atoms with Gasteiger partial charge in [0.25, 0.3) is 5.91 Å². The van der Waals surface area contributed by atoms with E-state index in [2.05, 4.69) is 5.32 Å². The molecule has 0 aliphatic rings. The van der Waals surface area contributed by atoms with Crippen LogP contribution in [0.5, 0.6) is 0 Å². The van der Waals surface area contributed by atoms with Gasteiger partial charge in [-0.2, -0.15) is 0 Å². The minimum atomic E-state index is -0.862. The lowest BCUT2D eigenvalue weighted by molar-refractivity contribution is 0.102. The van der Waals surface area contributed by atoms with Crippen molar-refractivity contribution >= 4 is 34.2 Å².